The molecule has 0 radical (unpaired) electrons. The second kappa shape index (κ2) is 6.82. The van der Waals surface area contributed by atoms with Crippen molar-refractivity contribution >= 4 is 23.0 Å². The average molecular weight is 402 g/mol. The van der Waals surface area contributed by atoms with Crippen molar-refractivity contribution in [2.75, 3.05) is 5.01 Å². The molecule has 7 nitrogen and oxygen atoms in total. The highest BCUT2D eigenvalue weighted by atomic mass is 32.1. The Labute approximate surface area is 171 Å². The highest BCUT2D eigenvalue weighted by Crippen LogP contribution is 2.35. The maximum atomic E-state index is 11.4. The van der Waals surface area contributed by atoms with Crippen LogP contribution in [-0.4, -0.2) is 20.5 Å². The first-order valence-electron chi connectivity index (χ1n) is 9.22. The summed E-state index contributed by atoms with van der Waals surface area (Å²) >= 11 is 1.70. The topological polar surface area (TPSA) is 73.2 Å². The number of anilines is 1. The van der Waals surface area contributed by atoms with Crippen LogP contribution in [-0.2, 0) is 6.54 Å². The molecule has 1 aromatic carbocycles. The van der Waals surface area contributed by atoms with Gasteiger partial charge in [0.15, 0.2) is 12.4 Å². The molecule has 0 aliphatic carbocycles. The average Bonchev–Trinajstić information content (AvgIpc) is 3.26. The first-order chi connectivity index (χ1) is 14.1. The van der Waals surface area contributed by atoms with Gasteiger partial charge in [0, 0.05) is 28.1 Å². The van der Waals surface area contributed by atoms with Crippen LogP contribution in [0.1, 0.15) is 27.4 Å². The van der Waals surface area contributed by atoms with E-state index in [2.05, 4.69) is 39.9 Å². The fourth-order valence-electron chi connectivity index (χ4n) is 3.45. The van der Waals surface area contributed by atoms with Gasteiger partial charge >= 0.3 is 0 Å². The third kappa shape index (κ3) is 3.07. The van der Waals surface area contributed by atoms with E-state index in [4.69, 9.17) is 5.10 Å². The normalized spacial score (nSPS) is 12.9. The Kier molecular flexibility index (Phi) is 4.13. The maximum absolute atomic E-state index is 11.4. The van der Waals surface area contributed by atoms with E-state index in [1.807, 2.05) is 30.1 Å². The Morgan fingerprint density at radius 3 is 2.55 bits per heavy atom. The lowest BCUT2D eigenvalue weighted by molar-refractivity contribution is -0.605. The molecule has 0 atom stereocenters. The summed E-state index contributed by atoms with van der Waals surface area (Å²) in [6, 6.07) is 15.9. The van der Waals surface area contributed by atoms with Crippen LogP contribution >= 0.6 is 11.3 Å². The summed E-state index contributed by atoms with van der Waals surface area (Å²) in [7, 11) is 0. The van der Waals surface area contributed by atoms with Gasteiger partial charge in [-0.1, -0.05) is 30.3 Å². The predicted molar refractivity (Wildman–Crippen MR) is 112 cm³/mol. The van der Waals surface area contributed by atoms with Gasteiger partial charge in [0.1, 0.15) is 16.5 Å². The molecule has 29 heavy (non-hydrogen) atoms. The smallest absolute Gasteiger partial charge is 0.253 e. The van der Waals surface area contributed by atoms with Crippen LogP contribution in [0.25, 0.3) is 5.00 Å². The van der Waals surface area contributed by atoms with Gasteiger partial charge in [0.2, 0.25) is 0 Å². The molecule has 0 saturated heterocycles. The number of aromatic nitrogens is 4. The van der Waals surface area contributed by atoms with Crippen molar-refractivity contribution in [3.63, 3.8) is 0 Å². The number of hydrogen-bond donors (Lipinski definition) is 0. The molecular weight excluding hydrogens is 384 g/mol. The summed E-state index contributed by atoms with van der Waals surface area (Å²) in [5, 5.41) is 28.1. The summed E-state index contributed by atoms with van der Waals surface area (Å²) in [4.78, 5) is 1.20. The van der Waals surface area contributed by atoms with Gasteiger partial charge in [-0.2, -0.15) is 9.83 Å². The second-order valence-electron chi connectivity index (χ2n) is 6.90. The highest BCUT2D eigenvalue weighted by molar-refractivity contribution is 7.15. The number of rotatable bonds is 3. The SMILES string of the molecule is Cc1cc2c(s1)-n1c(C)nnc1N(Cc1cc[n+]([O-])cc1)N=C2c1ccccc1. The quantitative estimate of drug-likeness (QED) is 0.389. The lowest BCUT2D eigenvalue weighted by Gasteiger charge is -2.17. The molecular formula is C21H18N6OS. The fourth-order valence-corrected chi connectivity index (χ4v) is 4.50. The minimum Gasteiger partial charge on any atom is -0.619 e. The minimum atomic E-state index is 0.475. The van der Waals surface area contributed by atoms with Crippen LogP contribution < -0.4 is 9.74 Å². The van der Waals surface area contributed by atoms with Gasteiger partial charge in [-0.3, -0.25) is 4.57 Å². The van der Waals surface area contributed by atoms with Gasteiger partial charge in [-0.25, -0.2) is 5.01 Å². The molecule has 4 aromatic rings. The number of thiophene rings is 1. The predicted octanol–water partition coefficient (Wildman–Crippen LogP) is 3.35. The fraction of sp³-hybridized carbons (Fsp3) is 0.143. The molecule has 0 spiro atoms. The molecule has 0 unspecified atom stereocenters. The Balaban J connectivity index is 1.71. The molecule has 0 bridgehead atoms. The zero-order valence-electron chi connectivity index (χ0n) is 16.0. The summed E-state index contributed by atoms with van der Waals surface area (Å²) < 4.78 is 2.83. The first kappa shape index (κ1) is 17.6. The van der Waals surface area contributed by atoms with Crippen molar-refractivity contribution < 1.29 is 4.73 Å². The lowest BCUT2D eigenvalue weighted by Crippen LogP contribution is -2.25. The van der Waals surface area contributed by atoms with E-state index in [0.29, 0.717) is 12.5 Å². The monoisotopic (exact) mass is 402 g/mol. The van der Waals surface area contributed by atoms with Crippen LogP contribution in [0.4, 0.5) is 5.95 Å². The van der Waals surface area contributed by atoms with Gasteiger partial charge in [-0.05, 0) is 25.5 Å². The van der Waals surface area contributed by atoms with Crippen molar-refractivity contribution in [1.82, 2.24) is 14.8 Å². The molecule has 1 aliphatic rings. The van der Waals surface area contributed by atoms with Crippen LogP contribution in [0.3, 0.4) is 0 Å². The minimum absolute atomic E-state index is 0.475. The Morgan fingerprint density at radius 2 is 1.79 bits per heavy atom. The van der Waals surface area contributed by atoms with Crippen LogP contribution in [0.5, 0.6) is 0 Å². The van der Waals surface area contributed by atoms with Gasteiger partial charge in [0.25, 0.3) is 5.95 Å². The van der Waals surface area contributed by atoms with E-state index >= 15 is 0 Å². The van der Waals surface area contributed by atoms with Crippen LogP contribution in [0, 0.1) is 19.1 Å². The molecule has 0 amide bonds. The van der Waals surface area contributed by atoms with E-state index < -0.39 is 0 Å². The molecule has 3 aromatic heterocycles. The summed E-state index contributed by atoms with van der Waals surface area (Å²) in [6.07, 6.45) is 2.98. The first-order valence-corrected chi connectivity index (χ1v) is 10.0. The number of aryl methyl sites for hydroxylation is 2. The van der Waals surface area contributed by atoms with Gasteiger partial charge in [-0.15, -0.1) is 21.5 Å². The van der Waals surface area contributed by atoms with E-state index in [-0.39, 0.29) is 0 Å². The van der Waals surface area contributed by atoms with E-state index in [0.717, 1.165) is 38.0 Å². The number of benzene rings is 1. The molecule has 1 aliphatic heterocycles. The van der Waals surface area contributed by atoms with Crippen molar-refractivity contribution in [2.24, 2.45) is 5.10 Å². The number of fused-ring (bicyclic) bond motifs is 3. The number of nitrogens with zero attached hydrogens (tertiary/aromatic N) is 6. The summed E-state index contributed by atoms with van der Waals surface area (Å²) in [6.45, 7) is 4.52. The molecule has 8 heteroatoms. The molecule has 0 fully saturated rings. The molecule has 0 saturated carbocycles. The Hall–Kier alpha value is -3.52. The third-order valence-corrected chi connectivity index (χ3v) is 5.84. The highest BCUT2D eigenvalue weighted by Gasteiger charge is 2.28. The van der Waals surface area contributed by atoms with E-state index in [1.54, 1.807) is 23.5 Å². The van der Waals surface area contributed by atoms with Crippen molar-refractivity contribution in [3.8, 4) is 5.00 Å². The van der Waals surface area contributed by atoms with Crippen molar-refractivity contribution in [1.29, 1.82) is 0 Å². The maximum Gasteiger partial charge on any atom is 0.253 e. The lowest BCUT2D eigenvalue weighted by atomic mass is 10.0. The van der Waals surface area contributed by atoms with Crippen molar-refractivity contribution in [3.05, 3.63) is 93.5 Å². The van der Waals surface area contributed by atoms with Gasteiger partial charge in [0.05, 0.1) is 6.54 Å². The molecule has 144 valence electrons. The molecule has 0 N–H and O–H groups in total. The van der Waals surface area contributed by atoms with Crippen LogP contribution in [0.15, 0.2) is 66.0 Å². The number of hydrogen-bond acceptors (Lipinski definition) is 6. The van der Waals surface area contributed by atoms with E-state index in [9.17, 15) is 5.21 Å². The summed E-state index contributed by atoms with van der Waals surface area (Å²) in [5.74, 6) is 1.47. The van der Waals surface area contributed by atoms with Crippen LogP contribution in [0.2, 0.25) is 0 Å². The second-order valence-corrected chi connectivity index (χ2v) is 8.13. The molecule has 5 rings (SSSR count). The number of pyridine rings is 1. The van der Waals surface area contributed by atoms with E-state index in [1.165, 1.54) is 17.3 Å². The largest absolute Gasteiger partial charge is 0.619 e. The zero-order valence-corrected chi connectivity index (χ0v) is 16.8. The number of hydrazone groups is 1. The van der Waals surface area contributed by atoms with Crippen molar-refractivity contribution in [2.45, 2.75) is 20.4 Å². The van der Waals surface area contributed by atoms with Gasteiger partial charge < -0.3 is 5.21 Å². The zero-order chi connectivity index (χ0) is 20.0. The summed E-state index contributed by atoms with van der Waals surface area (Å²) in [5.41, 5.74) is 3.96. The molecule has 4 heterocycles. The standard InChI is InChI=1S/C21H18N6OS/c1-14-12-18-19(17-6-4-3-5-7-17)24-26(13-16-8-10-25(28)11-9-16)21-23-22-15(2)27(21)20(18)29-14/h3-12H,13H2,1-2H3. The third-order valence-electron chi connectivity index (χ3n) is 4.80. The Morgan fingerprint density at radius 1 is 1.03 bits per heavy atom. The Bertz CT molecular complexity index is 1210.